The van der Waals surface area contributed by atoms with Gasteiger partial charge in [0.15, 0.2) is 0 Å². The molecule has 4 rings (SSSR count). The summed E-state index contributed by atoms with van der Waals surface area (Å²) >= 11 is 0. The summed E-state index contributed by atoms with van der Waals surface area (Å²) in [5, 5.41) is 18.1. The molecule has 0 aliphatic carbocycles. The van der Waals surface area contributed by atoms with Gasteiger partial charge >= 0.3 is 5.97 Å². The molecule has 0 fully saturated rings. The standard InChI is InChI=1S/C35H44N4O6S/c1-6-24(2)32(34(42)45-5)37-33(41)27-15-16-30-25(21-27)17-19-39(30)20-18-35(3,4)36-23-31(40)26-11-10-12-28(22-26)38-46(43,44)29-13-8-7-9-14-29/h7-17,19,21-22,24,31-32,36,38,40H,6,18,20,23H2,1-5H3,(H,37,41)/t24-,31-,32-/m0/s1. The fourth-order valence-corrected chi connectivity index (χ4v) is 6.23. The summed E-state index contributed by atoms with van der Waals surface area (Å²) in [6, 6.07) is 21.6. The van der Waals surface area contributed by atoms with Crippen LogP contribution in [0.3, 0.4) is 0 Å². The van der Waals surface area contributed by atoms with Gasteiger partial charge in [-0.3, -0.25) is 9.52 Å². The molecule has 3 atom stereocenters. The first-order valence-corrected chi connectivity index (χ1v) is 16.9. The minimum atomic E-state index is -3.74. The van der Waals surface area contributed by atoms with Crippen LogP contribution < -0.4 is 15.4 Å². The van der Waals surface area contributed by atoms with Crippen LogP contribution in [0.25, 0.3) is 10.9 Å². The lowest BCUT2D eigenvalue weighted by molar-refractivity contribution is -0.144. The Morgan fingerprint density at radius 1 is 1.00 bits per heavy atom. The van der Waals surface area contributed by atoms with Gasteiger partial charge in [-0.2, -0.15) is 0 Å². The molecule has 4 aromatic rings. The SMILES string of the molecule is CC[C@H](C)[C@H](NC(=O)c1ccc2c(ccn2CCC(C)(C)NC[C@H](O)c2cccc(NS(=O)(=O)c3ccccc3)c2)c1)C(=O)OC. The van der Waals surface area contributed by atoms with Gasteiger partial charge in [-0.05, 0) is 80.3 Å². The molecule has 0 bridgehead atoms. The van der Waals surface area contributed by atoms with Crippen LogP contribution in [0.1, 0.15) is 62.6 Å². The molecule has 0 saturated heterocycles. The third-order valence-corrected chi connectivity index (χ3v) is 9.71. The molecule has 3 aromatic carbocycles. The summed E-state index contributed by atoms with van der Waals surface area (Å²) in [6.45, 7) is 8.96. The van der Waals surface area contributed by atoms with Crippen LogP contribution in [-0.2, 0) is 26.1 Å². The molecule has 246 valence electrons. The molecule has 11 heteroatoms. The Kier molecular flexibility index (Phi) is 11.3. The second-order valence-corrected chi connectivity index (χ2v) is 13.9. The van der Waals surface area contributed by atoms with Crippen LogP contribution in [0.5, 0.6) is 0 Å². The smallest absolute Gasteiger partial charge is 0.328 e. The monoisotopic (exact) mass is 648 g/mol. The van der Waals surface area contributed by atoms with E-state index in [2.05, 4.69) is 33.8 Å². The molecular weight excluding hydrogens is 604 g/mol. The molecule has 0 saturated carbocycles. The van der Waals surface area contributed by atoms with E-state index >= 15 is 0 Å². The number of aryl methyl sites for hydroxylation is 1. The lowest BCUT2D eigenvalue weighted by atomic mass is 9.98. The highest BCUT2D eigenvalue weighted by molar-refractivity contribution is 7.92. The number of methoxy groups -OCH3 is 1. The van der Waals surface area contributed by atoms with Crippen molar-refractivity contribution in [3.8, 4) is 0 Å². The van der Waals surface area contributed by atoms with E-state index in [-0.39, 0.29) is 28.8 Å². The van der Waals surface area contributed by atoms with Crippen LogP contribution in [0.15, 0.2) is 90.0 Å². The van der Waals surface area contributed by atoms with E-state index in [4.69, 9.17) is 4.74 Å². The maximum absolute atomic E-state index is 13.0. The number of aromatic nitrogens is 1. The fourth-order valence-electron chi connectivity index (χ4n) is 5.16. The van der Waals surface area contributed by atoms with Gasteiger partial charge < -0.3 is 25.0 Å². The summed E-state index contributed by atoms with van der Waals surface area (Å²) in [5.74, 6) is -0.850. The largest absolute Gasteiger partial charge is 0.467 e. The predicted molar refractivity (Wildman–Crippen MR) is 180 cm³/mol. The first kappa shape index (κ1) is 34.7. The molecule has 0 aliphatic heterocycles. The number of amides is 1. The van der Waals surface area contributed by atoms with Gasteiger partial charge in [-0.1, -0.05) is 50.6 Å². The van der Waals surface area contributed by atoms with Gasteiger partial charge in [0.25, 0.3) is 15.9 Å². The number of hydrogen-bond donors (Lipinski definition) is 4. The predicted octanol–water partition coefficient (Wildman–Crippen LogP) is 5.25. The van der Waals surface area contributed by atoms with Crippen molar-refractivity contribution in [3.63, 3.8) is 0 Å². The average Bonchev–Trinajstić information content (AvgIpc) is 3.47. The number of β-amino-alcohol motifs (C(OH)–C–C–N with tert-alkyl or cyclic N) is 1. The fraction of sp³-hybridized carbons (Fsp3) is 0.371. The highest BCUT2D eigenvalue weighted by Crippen LogP contribution is 2.23. The summed E-state index contributed by atoms with van der Waals surface area (Å²) in [5.41, 5.74) is 2.08. The Morgan fingerprint density at radius 3 is 2.43 bits per heavy atom. The van der Waals surface area contributed by atoms with Gasteiger partial charge in [0.2, 0.25) is 0 Å². The van der Waals surface area contributed by atoms with Crippen molar-refractivity contribution in [1.29, 1.82) is 0 Å². The molecule has 4 N–H and O–H groups in total. The number of nitrogens with zero attached hydrogens (tertiary/aromatic N) is 1. The van der Waals surface area contributed by atoms with Gasteiger partial charge in [0.05, 0.1) is 18.1 Å². The molecule has 1 aromatic heterocycles. The number of fused-ring (bicyclic) bond motifs is 1. The first-order valence-electron chi connectivity index (χ1n) is 15.4. The Labute approximate surface area is 271 Å². The van der Waals surface area contributed by atoms with Crippen LogP contribution in [0.4, 0.5) is 5.69 Å². The number of aliphatic hydroxyl groups is 1. The number of carbonyl (C=O) groups excluding carboxylic acids is 2. The van der Waals surface area contributed by atoms with Crippen molar-refractivity contribution in [2.24, 2.45) is 5.92 Å². The maximum atomic E-state index is 13.0. The van der Waals surface area contributed by atoms with Gasteiger partial charge in [-0.25, -0.2) is 13.2 Å². The number of benzene rings is 3. The number of sulfonamides is 1. The minimum absolute atomic E-state index is 0.0646. The molecule has 0 spiro atoms. The first-order chi connectivity index (χ1) is 21.8. The second-order valence-electron chi connectivity index (χ2n) is 12.2. The number of nitrogens with one attached hydrogen (secondary N) is 3. The van der Waals surface area contributed by atoms with Crippen LogP contribution in [0, 0.1) is 5.92 Å². The lowest BCUT2D eigenvalue weighted by Crippen LogP contribution is -2.45. The second kappa shape index (κ2) is 14.9. The van der Waals surface area contributed by atoms with Crippen LogP contribution in [0.2, 0.25) is 0 Å². The molecule has 46 heavy (non-hydrogen) atoms. The molecular formula is C35H44N4O6S. The topological polar surface area (TPSA) is 139 Å². The number of aliphatic hydroxyl groups excluding tert-OH is 1. The van der Waals surface area contributed by atoms with E-state index in [1.54, 1.807) is 48.5 Å². The lowest BCUT2D eigenvalue weighted by Gasteiger charge is -2.28. The third-order valence-electron chi connectivity index (χ3n) is 8.32. The number of hydrogen-bond acceptors (Lipinski definition) is 7. The van der Waals surface area contributed by atoms with E-state index < -0.39 is 28.1 Å². The zero-order chi connectivity index (χ0) is 33.5. The van der Waals surface area contributed by atoms with Crippen molar-refractivity contribution in [2.75, 3.05) is 18.4 Å². The molecule has 10 nitrogen and oxygen atoms in total. The highest BCUT2D eigenvalue weighted by atomic mass is 32.2. The zero-order valence-corrected chi connectivity index (χ0v) is 27.8. The minimum Gasteiger partial charge on any atom is -0.467 e. The van der Waals surface area contributed by atoms with E-state index in [0.29, 0.717) is 23.4 Å². The maximum Gasteiger partial charge on any atom is 0.328 e. The quantitative estimate of drug-likeness (QED) is 0.129. The Balaban J connectivity index is 1.34. The van der Waals surface area contributed by atoms with Gasteiger partial charge in [0.1, 0.15) is 6.04 Å². The molecule has 0 unspecified atom stereocenters. The number of carbonyl (C=O) groups is 2. The van der Waals surface area contributed by atoms with Gasteiger partial charge in [-0.15, -0.1) is 0 Å². The third kappa shape index (κ3) is 8.74. The normalized spacial score (nSPS) is 14.0. The van der Waals surface area contributed by atoms with Crippen molar-refractivity contribution in [1.82, 2.24) is 15.2 Å². The van der Waals surface area contributed by atoms with E-state index in [1.807, 2.05) is 38.2 Å². The van der Waals surface area contributed by atoms with Crippen molar-refractivity contribution < 1.29 is 27.9 Å². The summed E-state index contributed by atoms with van der Waals surface area (Å²) < 4.78 is 35.0. The van der Waals surface area contributed by atoms with Gasteiger partial charge in [0, 0.05) is 47.0 Å². The van der Waals surface area contributed by atoms with Crippen molar-refractivity contribution in [3.05, 3.63) is 96.2 Å². The molecule has 1 heterocycles. The van der Waals surface area contributed by atoms with Crippen molar-refractivity contribution in [2.45, 2.75) is 69.7 Å². The Hall–Kier alpha value is -4.19. The molecule has 0 radical (unpaired) electrons. The number of rotatable bonds is 15. The van der Waals surface area contributed by atoms with E-state index in [0.717, 1.165) is 23.7 Å². The molecule has 0 aliphatic rings. The Bertz CT molecular complexity index is 1750. The number of esters is 1. The number of ether oxygens (including phenoxy) is 1. The molecule has 1 amide bonds. The number of anilines is 1. The highest BCUT2D eigenvalue weighted by Gasteiger charge is 2.27. The summed E-state index contributed by atoms with van der Waals surface area (Å²) in [4.78, 5) is 25.4. The van der Waals surface area contributed by atoms with Crippen molar-refractivity contribution >= 4 is 38.5 Å². The Morgan fingerprint density at radius 2 is 1.74 bits per heavy atom. The summed E-state index contributed by atoms with van der Waals surface area (Å²) in [6.07, 6.45) is 2.60. The zero-order valence-electron chi connectivity index (χ0n) is 27.0. The average molecular weight is 649 g/mol. The van der Waals surface area contributed by atoms with E-state index in [9.17, 15) is 23.1 Å². The van der Waals surface area contributed by atoms with Crippen LogP contribution >= 0.6 is 0 Å². The summed E-state index contributed by atoms with van der Waals surface area (Å²) in [7, 11) is -2.42. The van der Waals surface area contributed by atoms with E-state index in [1.165, 1.54) is 19.2 Å². The van der Waals surface area contributed by atoms with Crippen LogP contribution in [-0.4, -0.2) is 55.2 Å².